The smallest absolute Gasteiger partial charge is 0.216 e. The van der Waals surface area contributed by atoms with Gasteiger partial charge in [-0.15, -0.1) is 0 Å². The largest absolute Gasteiger partial charge is 0.444 e. The first-order chi connectivity index (χ1) is 8.60. The van der Waals surface area contributed by atoms with E-state index in [0.29, 0.717) is 11.5 Å². The Labute approximate surface area is 106 Å². The van der Waals surface area contributed by atoms with E-state index < -0.39 is 0 Å². The lowest BCUT2D eigenvalue weighted by Crippen LogP contribution is -2.08. The van der Waals surface area contributed by atoms with E-state index in [1.807, 2.05) is 39.0 Å². The van der Waals surface area contributed by atoms with Crippen molar-refractivity contribution in [2.45, 2.75) is 26.8 Å². The zero-order valence-electron chi connectivity index (χ0n) is 10.7. The third-order valence-electron chi connectivity index (χ3n) is 2.68. The normalized spacial score (nSPS) is 11.9. The molecule has 0 saturated carbocycles. The fourth-order valence-corrected chi connectivity index (χ4v) is 1.74. The third-order valence-corrected chi connectivity index (χ3v) is 2.68. The van der Waals surface area contributed by atoms with Gasteiger partial charge in [0.15, 0.2) is 0 Å². The number of aromatic nitrogens is 1. The van der Waals surface area contributed by atoms with E-state index in [4.69, 9.17) is 9.68 Å². The van der Waals surface area contributed by atoms with Gasteiger partial charge in [-0.2, -0.15) is 5.26 Å². The van der Waals surface area contributed by atoms with Gasteiger partial charge in [0.25, 0.3) is 0 Å². The standard InChI is InChI=1S/C14H15N3O/c1-9-4-5-13(12(6-9)7-15)17-11(3)14-16-8-10(2)18-14/h4-6,8,11,17H,1-3H3. The number of nitriles is 1. The number of aryl methyl sites for hydroxylation is 2. The van der Waals surface area contributed by atoms with E-state index >= 15 is 0 Å². The van der Waals surface area contributed by atoms with Crippen molar-refractivity contribution in [2.24, 2.45) is 0 Å². The van der Waals surface area contributed by atoms with E-state index in [-0.39, 0.29) is 6.04 Å². The highest BCUT2D eigenvalue weighted by Gasteiger charge is 2.12. The lowest BCUT2D eigenvalue weighted by Gasteiger charge is -2.13. The summed E-state index contributed by atoms with van der Waals surface area (Å²) in [5, 5.41) is 12.3. The quantitative estimate of drug-likeness (QED) is 0.895. The Morgan fingerprint density at radius 3 is 2.78 bits per heavy atom. The number of anilines is 1. The molecule has 0 aliphatic rings. The van der Waals surface area contributed by atoms with Gasteiger partial charge < -0.3 is 9.73 Å². The molecular formula is C14H15N3O. The number of hydrogen-bond donors (Lipinski definition) is 1. The molecule has 0 bridgehead atoms. The first-order valence-electron chi connectivity index (χ1n) is 5.80. The molecule has 1 aromatic carbocycles. The van der Waals surface area contributed by atoms with Crippen LogP contribution in [0.25, 0.3) is 0 Å². The van der Waals surface area contributed by atoms with Crippen LogP contribution in [0.2, 0.25) is 0 Å². The SMILES string of the molecule is Cc1ccc(NC(C)c2ncc(C)o2)c(C#N)c1. The maximum absolute atomic E-state index is 9.10. The van der Waals surface area contributed by atoms with Crippen molar-refractivity contribution in [3.8, 4) is 6.07 Å². The Hall–Kier alpha value is -2.28. The summed E-state index contributed by atoms with van der Waals surface area (Å²) in [6, 6.07) is 7.84. The van der Waals surface area contributed by atoms with Crippen molar-refractivity contribution < 1.29 is 4.42 Å². The van der Waals surface area contributed by atoms with Gasteiger partial charge in [0.1, 0.15) is 17.9 Å². The molecule has 1 N–H and O–H groups in total. The average Bonchev–Trinajstić information content (AvgIpc) is 2.78. The Balaban J connectivity index is 2.22. The molecule has 1 unspecified atom stereocenters. The van der Waals surface area contributed by atoms with Crippen LogP contribution in [0.1, 0.15) is 35.7 Å². The molecule has 0 radical (unpaired) electrons. The number of rotatable bonds is 3. The molecule has 4 nitrogen and oxygen atoms in total. The first-order valence-corrected chi connectivity index (χ1v) is 5.80. The van der Waals surface area contributed by atoms with Crippen LogP contribution < -0.4 is 5.32 Å². The summed E-state index contributed by atoms with van der Waals surface area (Å²) < 4.78 is 5.46. The molecular weight excluding hydrogens is 226 g/mol. The number of benzene rings is 1. The molecule has 0 amide bonds. The van der Waals surface area contributed by atoms with Crippen molar-refractivity contribution in [3.63, 3.8) is 0 Å². The Morgan fingerprint density at radius 2 is 2.17 bits per heavy atom. The van der Waals surface area contributed by atoms with Gasteiger partial charge in [-0.3, -0.25) is 0 Å². The number of nitrogens with one attached hydrogen (secondary N) is 1. The molecule has 0 spiro atoms. The van der Waals surface area contributed by atoms with E-state index in [1.54, 1.807) is 6.20 Å². The minimum Gasteiger partial charge on any atom is -0.444 e. The maximum atomic E-state index is 9.10. The van der Waals surface area contributed by atoms with E-state index in [0.717, 1.165) is 17.0 Å². The van der Waals surface area contributed by atoms with Crippen LogP contribution in [-0.2, 0) is 0 Å². The Morgan fingerprint density at radius 1 is 1.39 bits per heavy atom. The summed E-state index contributed by atoms with van der Waals surface area (Å²) >= 11 is 0. The predicted molar refractivity (Wildman–Crippen MR) is 69.2 cm³/mol. The molecule has 2 aromatic rings. The summed E-state index contributed by atoms with van der Waals surface area (Å²) in [7, 11) is 0. The number of nitrogens with zero attached hydrogens (tertiary/aromatic N) is 2. The van der Waals surface area contributed by atoms with E-state index in [1.165, 1.54) is 0 Å². The molecule has 0 fully saturated rings. The van der Waals surface area contributed by atoms with Crippen molar-refractivity contribution in [2.75, 3.05) is 5.32 Å². The van der Waals surface area contributed by atoms with Crippen LogP contribution in [0.3, 0.4) is 0 Å². The van der Waals surface area contributed by atoms with Gasteiger partial charge in [0, 0.05) is 0 Å². The molecule has 0 aliphatic heterocycles. The molecule has 1 aromatic heterocycles. The van der Waals surface area contributed by atoms with Crippen LogP contribution in [0.15, 0.2) is 28.8 Å². The van der Waals surface area contributed by atoms with Crippen molar-refractivity contribution in [1.29, 1.82) is 5.26 Å². The molecule has 92 valence electrons. The van der Waals surface area contributed by atoms with E-state index in [2.05, 4.69) is 16.4 Å². The van der Waals surface area contributed by atoms with E-state index in [9.17, 15) is 0 Å². The fourth-order valence-electron chi connectivity index (χ4n) is 1.74. The van der Waals surface area contributed by atoms with Gasteiger partial charge in [-0.05, 0) is 38.5 Å². The van der Waals surface area contributed by atoms with Crippen LogP contribution in [0.4, 0.5) is 5.69 Å². The van der Waals surface area contributed by atoms with Gasteiger partial charge in [-0.25, -0.2) is 4.98 Å². The summed E-state index contributed by atoms with van der Waals surface area (Å²) in [6.07, 6.45) is 1.69. The fraction of sp³-hybridized carbons (Fsp3) is 0.286. The molecule has 0 saturated heterocycles. The summed E-state index contributed by atoms with van der Waals surface area (Å²) in [5.41, 5.74) is 2.49. The number of hydrogen-bond acceptors (Lipinski definition) is 4. The van der Waals surface area contributed by atoms with Crippen LogP contribution in [0, 0.1) is 25.2 Å². The maximum Gasteiger partial charge on any atom is 0.216 e. The summed E-state index contributed by atoms with van der Waals surface area (Å²) in [5.74, 6) is 1.40. The topological polar surface area (TPSA) is 61.9 Å². The highest BCUT2D eigenvalue weighted by molar-refractivity contribution is 5.59. The van der Waals surface area contributed by atoms with Gasteiger partial charge in [0.2, 0.25) is 5.89 Å². The highest BCUT2D eigenvalue weighted by atomic mass is 16.4. The van der Waals surface area contributed by atoms with Gasteiger partial charge in [0.05, 0.1) is 17.4 Å². The molecule has 1 atom stereocenters. The monoisotopic (exact) mass is 241 g/mol. The summed E-state index contributed by atoms with van der Waals surface area (Å²) in [6.45, 7) is 5.77. The Bertz CT molecular complexity index is 595. The first kappa shape index (κ1) is 12.2. The van der Waals surface area contributed by atoms with Gasteiger partial charge in [-0.1, -0.05) is 6.07 Å². The minimum atomic E-state index is -0.0755. The van der Waals surface area contributed by atoms with Crippen molar-refractivity contribution >= 4 is 5.69 Å². The molecule has 1 heterocycles. The second-order valence-electron chi connectivity index (χ2n) is 4.34. The second-order valence-corrected chi connectivity index (χ2v) is 4.34. The molecule has 4 heteroatoms. The zero-order chi connectivity index (χ0) is 13.1. The van der Waals surface area contributed by atoms with Crippen molar-refractivity contribution in [1.82, 2.24) is 4.98 Å². The zero-order valence-corrected chi connectivity index (χ0v) is 10.7. The predicted octanol–water partition coefficient (Wildman–Crippen LogP) is 3.34. The Kier molecular flexibility index (Phi) is 3.33. The number of oxazole rings is 1. The second kappa shape index (κ2) is 4.92. The lowest BCUT2D eigenvalue weighted by atomic mass is 10.1. The highest BCUT2D eigenvalue weighted by Crippen LogP contribution is 2.22. The van der Waals surface area contributed by atoms with Crippen LogP contribution in [0.5, 0.6) is 0 Å². The average molecular weight is 241 g/mol. The van der Waals surface area contributed by atoms with Crippen LogP contribution in [-0.4, -0.2) is 4.98 Å². The third kappa shape index (κ3) is 2.51. The van der Waals surface area contributed by atoms with Crippen molar-refractivity contribution in [3.05, 3.63) is 47.2 Å². The molecule has 18 heavy (non-hydrogen) atoms. The molecule has 2 rings (SSSR count). The lowest BCUT2D eigenvalue weighted by molar-refractivity contribution is 0.453. The minimum absolute atomic E-state index is 0.0755. The van der Waals surface area contributed by atoms with Crippen LogP contribution >= 0.6 is 0 Å². The summed E-state index contributed by atoms with van der Waals surface area (Å²) in [4.78, 5) is 4.17. The molecule has 0 aliphatic carbocycles. The van der Waals surface area contributed by atoms with Gasteiger partial charge >= 0.3 is 0 Å².